The Morgan fingerprint density at radius 1 is 0.770 bits per heavy atom. The number of carbonyl (C=O) groups excluding carboxylic acids is 11. The fraction of sp³-hybridized carbons (Fsp3) is 0.521. The third-order valence-corrected chi connectivity index (χ3v) is 12.8. The maximum Gasteiger partial charge on any atom is 0.246 e. The molecule has 2 aromatic carbocycles. The van der Waals surface area contributed by atoms with Crippen molar-refractivity contribution in [2.75, 3.05) is 24.6 Å². The number of benzene rings is 2. The van der Waals surface area contributed by atoms with Gasteiger partial charge in [-0.25, -0.2) is 4.39 Å². The molecule has 1 saturated heterocycles. The van der Waals surface area contributed by atoms with Crippen molar-refractivity contribution in [1.82, 2.24) is 42.1 Å². The van der Waals surface area contributed by atoms with Gasteiger partial charge in [-0.3, -0.25) is 52.7 Å². The number of amides is 11. The summed E-state index contributed by atoms with van der Waals surface area (Å²) in [4.78, 5) is 149. The summed E-state index contributed by atoms with van der Waals surface area (Å²) in [7, 11) is 0. The van der Waals surface area contributed by atoms with Gasteiger partial charge in [0.25, 0.3) is 0 Å². The molecular weight excluding hydrogens is 988 g/mol. The van der Waals surface area contributed by atoms with Gasteiger partial charge in [0.2, 0.25) is 65.0 Å². The van der Waals surface area contributed by atoms with Gasteiger partial charge in [-0.05, 0) is 72.2 Å². The summed E-state index contributed by atoms with van der Waals surface area (Å²) in [6.07, 6.45) is -1.53. The van der Waals surface area contributed by atoms with Gasteiger partial charge in [-0.2, -0.15) is 11.8 Å². The lowest BCUT2D eigenvalue weighted by Crippen LogP contribution is -2.61. The first-order valence-corrected chi connectivity index (χ1v) is 25.1. The van der Waals surface area contributed by atoms with Gasteiger partial charge in [0.05, 0.1) is 25.6 Å². The molecule has 0 unspecified atom stereocenters. The molecule has 3 rings (SSSR count). The van der Waals surface area contributed by atoms with E-state index in [-0.39, 0.29) is 49.0 Å². The SMILES string of the molecule is CC[C@H](C)[C@@H]1NC(=O)[C@H](Cc2ccc(O)cc2)NC(=O)[C@@H](N)CCSC[C@@H](C(=O)N(CC(=O)N[C@@H](CC(C)C)C(=O)NCC(N)=O)Cc2ccc(F)cc2)NC(=O)[C@H](CC(N)=O)NC(=O)[C@H](CCC(N)=O)NC1=O. The van der Waals surface area contributed by atoms with E-state index in [1.165, 1.54) is 36.4 Å². The van der Waals surface area contributed by atoms with E-state index in [0.29, 0.717) is 17.5 Å². The van der Waals surface area contributed by atoms with Crippen LogP contribution in [0.4, 0.5) is 4.39 Å². The summed E-state index contributed by atoms with van der Waals surface area (Å²) >= 11 is 1.02. The third-order valence-electron chi connectivity index (χ3n) is 11.7. The lowest BCUT2D eigenvalue weighted by molar-refractivity contribution is -0.141. The van der Waals surface area contributed by atoms with Gasteiger partial charge in [-0.1, -0.05) is 58.4 Å². The van der Waals surface area contributed by atoms with Gasteiger partial charge in [-0.15, -0.1) is 0 Å². The monoisotopic (exact) mass is 1060 g/mol. The lowest BCUT2D eigenvalue weighted by atomic mass is 9.96. The van der Waals surface area contributed by atoms with Gasteiger partial charge < -0.3 is 70.2 Å². The van der Waals surface area contributed by atoms with Crippen LogP contribution in [-0.2, 0) is 65.7 Å². The van der Waals surface area contributed by atoms with Gasteiger partial charge in [0.15, 0.2) is 0 Å². The molecule has 24 nitrogen and oxygen atoms in total. The Balaban J connectivity index is 2.14. The van der Waals surface area contributed by atoms with Gasteiger partial charge >= 0.3 is 0 Å². The van der Waals surface area contributed by atoms with E-state index in [0.717, 1.165) is 28.8 Å². The van der Waals surface area contributed by atoms with E-state index in [2.05, 4.69) is 37.2 Å². The molecule has 0 aromatic heterocycles. The molecule has 16 N–H and O–H groups in total. The summed E-state index contributed by atoms with van der Waals surface area (Å²) in [5.41, 5.74) is 23.3. The fourth-order valence-electron chi connectivity index (χ4n) is 7.46. The van der Waals surface area contributed by atoms with Crippen LogP contribution in [0.5, 0.6) is 5.75 Å². The summed E-state index contributed by atoms with van der Waals surface area (Å²) in [6, 6.07) is 0.487. The van der Waals surface area contributed by atoms with E-state index in [1.807, 2.05) is 0 Å². The number of aromatic hydroxyl groups is 1. The molecule has 0 aliphatic carbocycles. The topological polar surface area (TPSA) is 400 Å². The highest BCUT2D eigenvalue weighted by molar-refractivity contribution is 7.99. The number of hydrogen-bond donors (Lipinski definition) is 12. The summed E-state index contributed by atoms with van der Waals surface area (Å²) in [6.45, 7) is 5.27. The molecule has 0 saturated carbocycles. The van der Waals surface area contributed by atoms with Crippen LogP contribution in [-0.4, -0.2) is 142 Å². The second kappa shape index (κ2) is 30.0. The molecule has 26 heteroatoms. The van der Waals surface area contributed by atoms with Crippen molar-refractivity contribution in [3.63, 3.8) is 0 Å². The standard InChI is InChI=1S/C48H69FN12O12S/c1-5-26(4)41-47(72)56-32(14-15-37(51)63)44(69)58-35(20-38(52)64)45(70)59-36(24-74-17-16-31(50)42(67)57-34(46(71)60-41)19-27-8-12-30(62)13-9-27)48(73)61(22-28-6-10-29(49)11-7-28)23-40(66)55-33(18-25(2)3)43(68)54-21-39(53)65/h6-13,25-26,31-36,41,62H,5,14-24,50H2,1-4H3,(H2,51,63)(H2,52,64)(H2,53,65)(H,54,68)(H,55,66)(H,56,72)(H,57,67)(H,58,69)(H,59,70)(H,60,71)/t26-,31-,32-,33-,34-,35-,36-,41-/m0/s1. The number of phenols is 1. The third kappa shape index (κ3) is 21.0. The number of phenolic OH excluding ortho intramolecular Hbond substituents is 1. The van der Waals surface area contributed by atoms with Crippen LogP contribution in [0, 0.1) is 17.7 Å². The smallest absolute Gasteiger partial charge is 0.246 e. The molecule has 8 atom stereocenters. The van der Waals surface area contributed by atoms with E-state index in [1.54, 1.807) is 27.7 Å². The first-order chi connectivity index (χ1) is 34.9. The van der Waals surface area contributed by atoms with Crippen molar-refractivity contribution in [2.24, 2.45) is 34.8 Å². The number of nitrogens with two attached hydrogens (primary N) is 4. The van der Waals surface area contributed by atoms with Crippen molar-refractivity contribution < 1.29 is 62.2 Å². The minimum Gasteiger partial charge on any atom is -0.508 e. The van der Waals surface area contributed by atoms with Crippen molar-refractivity contribution in [3.8, 4) is 5.75 Å². The number of nitrogens with zero attached hydrogens (tertiary/aromatic N) is 1. The Morgan fingerprint density at radius 3 is 1.96 bits per heavy atom. The minimum atomic E-state index is -1.83. The Hall–Kier alpha value is -7.35. The highest BCUT2D eigenvalue weighted by atomic mass is 32.2. The molecule has 0 bridgehead atoms. The number of thioether (sulfide) groups is 1. The summed E-state index contributed by atoms with van der Waals surface area (Å²) in [5.74, 6) is -11.8. The highest BCUT2D eigenvalue weighted by Crippen LogP contribution is 2.17. The van der Waals surface area contributed by atoms with Gasteiger partial charge in [0.1, 0.15) is 47.8 Å². The van der Waals surface area contributed by atoms with Crippen molar-refractivity contribution >= 4 is 76.7 Å². The molecular formula is C48H69FN12O12S. The summed E-state index contributed by atoms with van der Waals surface area (Å²) in [5, 5.41) is 27.5. The van der Waals surface area contributed by atoms with E-state index in [9.17, 15) is 62.2 Å². The van der Waals surface area contributed by atoms with Crippen LogP contribution in [0.2, 0.25) is 0 Å². The molecule has 0 spiro atoms. The average molecular weight is 1060 g/mol. The maximum absolute atomic E-state index is 14.8. The molecule has 1 aliphatic rings. The second-order valence-corrected chi connectivity index (χ2v) is 19.5. The van der Waals surface area contributed by atoms with Crippen LogP contribution in [0.25, 0.3) is 0 Å². The molecule has 1 fully saturated rings. The Kier molecular flexibility index (Phi) is 24.7. The van der Waals surface area contributed by atoms with Crippen LogP contribution in [0.15, 0.2) is 48.5 Å². The molecule has 0 radical (unpaired) electrons. The van der Waals surface area contributed by atoms with Crippen molar-refractivity contribution in [2.45, 2.75) is 121 Å². The molecule has 1 heterocycles. The largest absolute Gasteiger partial charge is 0.508 e. The molecule has 2 aromatic rings. The normalized spacial score (nSPS) is 21.3. The Labute approximate surface area is 431 Å². The highest BCUT2D eigenvalue weighted by Gasteiger charge is 2.37. The zero-order valence-corrected chi connectivity index (χ0v) is 42.6. The lowest BCUT2D eigenvalue weighted by Gasteiger charge is -2.30. The fourth-order valence-corrected chi connectivity index (χ4v) is 8.51. The van der Waals surface area contributed by atoms with Crippen LogP contribution >= 0.6 is 11.8 Å². The zero-order chi connectivity index (χ0) is 55.2. The second-order valence-electron chi connectivity index (χ2n) is 18.4. The Bertz CT molecular complexity index is 2330. The van der Waals surface area contributed by atoms with E-state index < -0.39 is 151 Å². The number of carbonyl (C=O) groups is 11. The number of halogens is 1. The Morgan fingerprint density at radius 2 is 1.36 bits per heavy atom. The quantitative estimate of drug-likeness (QED) is 0.0643. The van der Waals surface area contributed by atoms with E-state index in [4.69, 9.17) is 22.9 Å². The number of rotatable bonds is 20. The number of hydrogen-bond acceptors (Lipinski definition) is 14. The van der Waals surface area contributed by atoms with Gasteiger partial charge in [0, 0.05) is 25.1 Å². The first kappa shape index (κ1) is 61.0. The van der Waals surface area contributed by atoms with Crippen LogP contribution in [0.1, 0.15) is 77.3 Å². The van der Waals surface area contributed by atoms with Crippen molar-refractivity contribution in [1.29, 1.82) is 0 Å². The van der Waals surface area contributed by atoms with Crippen LogP contribution in [0.3, 0.4) is 0 Å². The van der Waals surface area contributed by atoms with E-state index >= 15 is 0 Å². The molecule has 74 heavy (non-hydrogen) atoms. The first-order valence-electron chi connectivity index (χ1n) is 23.9. The number of primary amides is 3. The minimum absolute atomic E-state index is 0.0397. The molecule has 1 aliphatic heterocycles. The van der Waals surface area contributed by atoms with Crippen molar-refractivity contribution in [3.05, 3.63) is 65.5 Å². The summed E-state index contributed by atoms with van der Waals surface area (Å²) < 4.78 is 14.1. The average Bonchev–Trinajstić information content (AvgIpc) is 3.33. The molecule has 406 valence electrons. The predicted molar refractivity (Wildman–Crippen MR) is 268 cm³/mol. The predicted octanol–water partition coefficient (Wildman–Crippen LogP) is -2.69. The maximum atomic E-state index is 14.8. The zero-order valence-electron chi connectivity index (χ0n) is 41.8. The number of nitrogens with one attached hydrogen (secondary N) is 7. The molecule has 11 amide bonds. The van der Waals surface area contributed by atoms with Crippen LogP contribution < -0.4 is 60.2 Å².